The van der Waals surface area contributed by atoms with E-state index in [2.05, 4.69) is 9.80 Å². The molecule has 0 spiro atoms. The number of aliphatic hydroxyl groups excluding tert-OH is 1. The largest absolute Gasteiger partial charge is 0.396 e. The van der Waals surface area contributed by atoms with Crippen molar-refractivity contribution in [2.75, 3.05) is 39.3 Å². The molecule has 1 unspecified atom stereocenters. The summed E-state index contributed by atoms with van der Waals surface area (Å²) in [4.78, 5) is 5.36. The minimum absolute atomic E-state index is 0.219. The Balaban J connectivity index is 1.54. The van der Waals surface area contributed by atoms with E-state index in [0.29, 0.717) is 6.61 Å². The minimum atomic E-state index is 0.219. The second kappa shape index (κ2) is 6.76. The summed E-state index contributed by atoms with van der Waals surface area (Å²) in [5.74, 6) is 0. The number of hydrogen-bond acceptors (Lipinski definition) is 3. The van der Waals surface area contributed by atoms with Crippen LogP contribution < -0.4 is 0 Å². The van der Waals surface area contributed by atoms with E-state index in [1.54, 1.807) is 0 Å². The molecule has 1 aliphatic carbocycles. The molecule has 3 rings (SSSR count). The summed E-state index contributed by atoms with van der Waals surface area (Å²) >= 11 is 0. The summed E-state index contributed by atoms with van der Waals surface area (Å²) < 4.78 is 0. The maximum atomic E-state index is 9.97. The molecule has 3 aliphatic rings. The molecule has 3 nitrogen and oxygen atoms in total. The van der Waals surface area contributed by atoms with E-state index in [-0.39, 0.29) is 5.41 Å². The highest BCUT2D eigenvalue weighted by molar-refractivity contribution is 4.90. The van der Waals surface area contributed by atoms with Crippen molar-refractivity contribution in [3.8, 4) is 0 Å². The summed E-state index contributed by atoms with van der Waals surface area (Å²) in [6, 6.07) is 0.805. The van der Waals surface area contributed by atoms with Crippen LogP contribution in [0, 0.1) is 5.41 Å². The molecule has 0 bridgehead atoms. The average molecular weight is 280 g/mol. The highest BCUT2D eigenvalue weighted by Crippen LogP contribution is 2.36. The average Bonchev–Trinajstić information content (AvgIpc) is 3.08. The molecule has 1 saturated carbocycles. The Bertz CT molecular complexity index is 293. The fraction of sp³-hybridized carbons (Fsp3) is 1.00. The Morgan fingerprint density at radius 2 is 1.60 bits per heavy atom. The van der Waals surface area contributed by atoms with Gasteiger partial charge in [-0.15, -0.1) is 0 Å². The van der Waals surface area contributed by atoms with Gasteiger partial charge in [-0.05, 0) is 51.7 Å². The van der Waals surface area contributed by atoms with Gasteiger partial charge >= 0.3 is 0 Å². The zero-order chi connectivity index (χ0) is 13.8. The zero-order valence-electron chi connectivity index (χ0n) is 13.0. The molecule has 0 amide bonds. The first-order valence-corrected chi connectivity index (χ1v) is 8.89. The normalized spacial score (nSPS) is 32.5. The van der Waals surface area contributed by atoms with Gasteiger partial charge in [0.15, 0.2) is 0 Å². The van der Waals surface area contributed by atoms with E-state index in [0.717, 1.165) is 12.6 Å². The van der Waals surface area contributed by atoms with Crippen molar-refractivity contribution in [2.24, 2.45) is 5.41 Å². The van der Waals surface area contributed by atoms with Crippen molar-refractivity contribution in [2.45, 2.75) is 63.8 Å². The van der Waals surface area contributed by atoms with Gasteiger partial charge in [-0.1, -0.05) is 25.7 Å². The second-order valence-corrected chi connectivity index (χ2v) is 7.49. The maximum Gasteiger partial charge on any atom is 0.0499 e. The Morgan fingerprint density at radius 1 is 0.900 bits per heavy atom. The van der Waals surface area contributed by atoms with Crippen LogP contribution >= 0.6 is 0 Å². The molecule has 3 fully saturated rings. The first-order chi connectivity index (χ1) is 9.81. The molecule has 20 heavy (non-hydrogen) atoms. The molecule has 0 aromatic rings. The lowest BCUT2D eigenvalue weighted by Crippen LogP contribution is -2.41. The predicted octanol–water partition coefficient (Wildman–Crippen LogP) is 2.49. The highest BCUT2D eigenvalue weighted by atomic mass is 16.3. The Hall–Kier alpha value is -0.120. The van der Waals surface area contributed by atoms with Crippen LogP contribution in [-0.4, -0.2) is 60.3 Å². The summed E-state index contributed by atoms with van der Waals surface area (Å²) in [5, 5.41) is 9.97. The van der Waals surface area contributed by atoms with Crippen LogP contribution in [0.4, 0.5) is 0 Å². The van der Waals surface area contributed by atoms with Gasteiger partial charge < -0.3 is 10.0 Å². The lowest BCUT2D eigenvalue weighted by molar-refractivity contribution is 0.0652. The van der Waals surface area contributed by atoms with Gasteiger partial charge in [-0.3, -0.25) is 4.90 Å². The van der Waals surface area contributed by atoms with Crippen LogP contribution in [0.15, 0.2) is 0 Å². The maximum absolute atomic E-state index is 9.97. The van der Waals surface area contributed by atoms with Gasteiger partial charge in [0.25, 0.3) is 0 Å². The third kappa shape index (κ3) is 3.37. The van der Waals surface area contributed by atoms with E-state index in [4.69, 9.17) is 0 Å². The predicted molar refractivity (Wildman–Crippen MR) is 82.9 cm³/mol. The summed E-state index contributed by atoms with van der Waals surface area (Å²) in [6.45, 7) is 6.70. The molecule has 0 aromatic heterocycles. The van der Waals surface area contributed by atoms with Crippen molar-refractivity contribution in [3.05, 3.63) is 0 Å². The first kappa shape index (κ1) is 14.8. The van der Waals surface area contributed by atoms with Crippen LogP contribution in [0.1, 0.15) is 57.8 Å². The number of likely N-dealkylation sites (tertiary alicyclic amines) is 2. The van der Waals surface area contributed by atoms with E-state index in [1.165, 1.54) is 84.0 Å². The van der Waals surface area contributed by atoms with Crippen molar-refractivity contribution >= 4 is 0 Å². The van der Waals surface area contributed by atoms with Crippen LogP contribution in [0.25, 0.3) is 0 Å². The van der Waals surface area contributed by atoms with E-state index >= 15 is 0 Å². The molecule has 2 aliphatic heterocycles. The Labute approximate surface area is 124 Å². The molecule has 116 valence electrons. The van der Waals surface area contributed by atoms with Gasteiger partial charge in [-0.2, -0.15) is 0 Å². The van der Waals surface area contributed by atoms with Crippen LogP contribution in [0.5, 0.6) is 0 Å². The first-order valence-electron chi connectivity index (χ1n) is 8.89. The Morgan fingerprint density at radius 3 is 2.25 bits per heavy atom. The molecular weight excluding hydrogens is 248 g/mol. The lowest BCUT2D eigenvalue weighted by Gasteiger charge is -2.35. The third-order valence-electron chi connectivity index (χ3n) is 5.96. The van der Waals surface area contributed by atoms with E-state index < -0.39 is 0 Å². The zero-order valence-corrected chi connectivity index (χ0v) is 13.0. The van der Waals surface area contributed by atoms with Gasteiger partial charge in [0, 0.05) is 31.2 Å². The quantitative estimate of drug-likeness (QED) is 0.802. The third-order valence-corrected chi connectivity index (χ3v) is 5.96. The van der Waals surface area contributed by atoms with Crippen LogP contribution in [0.3, 0.4) is 0 Å². The standard InChI is InChI=1S/C17H32N2O/c20-15-17(8-3-1-2-4-9-17)14-18-12-7-16(13-18)19-10-5-6-11-19/h16,20H,1-15H2. The minimum Gasteiger partial charge on any atom is -0.396 e. The number of aliphatic hydroxyl groups is 1. The van der Waals surface area contributed by atoms with Crippen molar-refractivity contribution in [1.29, 1.82) is 0 Å². The van der Waals surface area contributed by atoms with Crippen molar-refractivity contribution in [1.82, 2.24) is 9.80 Å². The van der Waals surface area contributed by atoms with Crippen molar-refractivity contribution < 1.29 is 5.11 Å². The molecule has 0 aromatic carbocycles. The van der Waals surface area contributed by atoms with E-state index in [1.807, 2.05) is 0 Å². The number of hydrogen-bond donors (Lipinski definition) is 1. The summed E-state index contributed by atoms with van der Waals surface area (Å²) in [6.07, 6.45) is 12.0. The topological polar surface area (TPSA) is 26.7 Å². The SMILES string of the molecule is OCC1(CN2CCC(N3CCCC3)C2)CCCCCC1. The molecular formula is C17H32N2O. The van der Waals surface area contributed by atoms with Gasteiger partial charge in [0.2, 0.25) is 0 Å². The van der Waals surface area contributed by atoms with Crippen LogP contribution in [0.2, 0.25) is 0 Å². The number of nitrogens with zero attached hydrogens (tertiary/aromatic N) is 2. The van der Waals surface area contributed by atoms with Gasteiger partial charge in [0.05, 0.1) is 0 Å². The molecule has 2 heterocycles. The lowest BCUT2D eigenvalue weighted by atomic mass is 9.80. The summed E-state index contributed by atoms with van der Waals surface area (Å²) in [5.41, 5.74) is 0.219. The Kier molecular flexibility index (Phi) is 5.00. The second-order valence-electron chi connectivity index (χ2n) is 7.49. The highest BCUT2D eigenvalue weighted by Gasteiger charge is 2.36. The smallest absolute Gasteiger partial charge is 0.0499 e. The molecule has 1 atom stereocenters. The van der Waals surface area contributed by atoms with E-state index in [9.17, 15) is 5.11 Å². The number of rotatable bonds is 4. The molecule has 0 radical (unpaired) electrons. The summed E-state index contributed by atoms with van der Waals surface area (Å²) in [7, 11) is 0. The van der Waals surface area contributed by atoms with Crippen LogP contribution in [-0.2, 0) is 0 Å². The fourth-order valence-corrected chi connectivity index (χ4v) is 4.68. The fourth-order valence-electron chi connectivity index (χ4n) is 4.68. The monoisotopic (exact) mass is 280 g/mol. The van der Waals surface area contributed by atoms with Crippen molar-refractivity contribution in [3.63, 3.8) is 0 Å². The molecule has 3 heteroatoms. The molecule has 2 saturated heterocycles. The van der Waals surface area contributed by atoms with Gasteiger partial charge in [-0.25, -0.2) is 0 Å². The van der Waals surface area contributed by atoms with Gasteiger partial charge in [0.1, 0.15) is 0 Å². The molecule has 1 N–H and O–H groups in total.